The number of carbonyl (C=O) groups is 1. The topological polar surface area (TPSA) is 42.1 Å². The molecule has 2 fully saturated rings. The molecule has 3 nitrogen and oxygen atoms in total. The van der Waals surface area contributed by atoms with Gasteiger partial charge in [0.15, 0.2) is 6.29 Å². The molecule has 0 amide bonds. The molecular formula is C17H30O3. The van der Waals surface area contributed by atoms with E-state index in [4.69, 9.17) is 9.47 Å². The second-order valence-electron chi connectivity index (χ2n) is 5.64. The van der Waals surface area contributed by atoms with Crippen LogP contribution in [0.25, 0.3) is 0 Å². The van der Waals surface area contributed by atoms with E-state index in [0.717, 1.165) is 12.7 Å². The molecule has 2 aliphatic heterocycles. The van der Waals surface area contributed by atoms with Crippen molar-refractivity contribution in [2.24, 2.45) is 0 Å². The Morgan fingerprint density at radius 1 is 0.900 bits per heavy atom. The number of epoxide rings is 2. The van der Waals surface area contributed by atoms with Gasteiger partial charge in [-0.1, -0.05) is 58.4 Å². The first-order valence-electron chi connectivity index (χ1n) is 8.15. The van der Waals surface area contributed by atoms with Crippen molar-refractivity contribution in [1.29, 1.82) is 0 Å². The van der Waals surface area contributed by atoms with Gasteiger partial charge in [0.2, 0.25) is 0 Å². The van der Waals surface area contributed by atoms with Crippen LogP contribution in [0.5, 0.6) is 0 Å². The highest BCUT2D eigenvalue weighted by Crippen LogP contribution is 2.27. The molecule has 2 saturated heterocycles. The maximum atomic E-state index is 10.1. The van der Waals surface area contributed by atoms with E-state index < -0.39 is 0 Å². The predicted molar refractivity (Wildman–Crippen MR) is 81.9 cm³/mol. The molecule has 2 unspecified atom stereocenters. The summed E-state index contributed by atoms with van der Waals surface area (Å²) in [5, 5.41) is 0. The molecule has 0 aromatic carbocycles. The van der Waals surface area contributed by atoms with Crippen molar-refractivity contribution in [3.8, 4) is 0 Å². The van der Waals surface area contributed by atoms with Crippen LogP contribution < -0.4 is 0 Å². The van der Waals surface area contributed by atoms with Gasteiger partial charge in [-0.05, 0) is 12.8 Å². The molecular weight excluding hydrogens is 252 g/mol. The summed E-state index contributed by atoms with van der Waals surface area (Å²) in [6.45, 7) is 8.07. The van der Waals surface area contributed by atoms with Crippen molar-refractivity contribution < 1.29 is 14.3 Å². The summed E-state index contributed by atoms with van der Waals surface area (Å²) >= 11 is 0. The maximum absolute atomic E-state index is 10.1. The largest absolute Gasteiger partial charge is 0.365 e. The summed E-state index contributed by atoms with van der Waals surface area (Å²) in [5.41, 5.74) is 0. The van der Waals surface area contributed by atoms with Crippen LogP contribution in [-0.4, -0.2) is 30.7 Å². The Bertz CT molecular complexity index is 249. The molecule has 0 saturated carbocycles. The minimum atomic E-state index is -0.0585. The van der Waals surface area contributed by atoms with E-state index in [1.807, 2.05) is 6.08 Å². The van der Waals surface area contributed by atoms with Gasteiger partial charge < -0.3 is 14.3 Å². The minimum absolute atomic E-state index is 0.0585. The lowest BCUT2D eigenvalue weighted by Crippen LogP contribution is -1.93. The average Bonchev–Trinajstić information content (AvgIpc) is 3.35. The number of carbonyl (C=O) groups excluding carboxylic acids is 1. The van der Waals surface area contributed by atoms with Gasteiger partial charge in [-0.2, -0.15) is 0 Å². The highest BCUT2D eigenvalue weighted by Gasteiger charge is 2.37. The lowest BCUT2D eigenvalue weighted by Gasteiger charge is -1.91. The molecule has 0 radical (unpaired) electrons. The lowest BCUT2D eigenvalue weighted by molar-refractivity contribution is -0.108. The number of aldehydes is 1. The molecule has 0 aromatic heterocycles. The molecule has 116 valence electrons. The first-order valence-corrected chi connectivity index (χ1v) is 8.15. The van der Waals surface area contributed by atoms with Crippen LogP contribution in [0.1, 0.15) is 65.2 Å². The Labute approximate surface area is 123 Å². The zero-order valence-electron chi connectivity index (χ0n) is 13.1. The molecule has 0 bridgehead atoms. The van der Waals surface area contributed by atoms with Crippen molar-refractivity contribution in [2.45, 2.75) is 89.6 Å². The summed E-state index contributed by atoms with van der Waals surface area (Å²) in [6.07, 6.45) is 13.8. The fourth-order valence-electron chi connectivity index (χ4n) is 2.30. The van der Waals surface area contributed by atoms with E-state index in [0.29, 0.717) is 12.2 Å². The summed E-state index contributed by atoms with van der Waals surface area (Å²) in [6, 6.07) is 0. The lowest BCUT2D eigenvalue weighted by atomic mass is 10.1. The number of unbranched alkanes of at least 4 members (excludes halogenated alkanes) is 4. The van der Waals surface area contributed by atoms with Crippen LogP contribution in [0.2, 0.25) is 0 Å². The average molecular weight is 282 g/mol. The zero-order chi connectivity index (χ0) is 14.8. The Morgan fingerprint density at radius 2 is 1.40 bits per heavy atom. The zero-order valence-corrected chi connectivity index (χ0v) is 13.1. The molecule has 2 heterocycles. The number of ether oxygens (including phenoxy) is 2. The van der Waals surface area contributed by atoms with E-state index in [1.54, 1.807) is 0 Å². The Balaban J connectivity index is 0.000000200. The van der Waals surface area contributed by atoms with Gasteiger partial charge >= 0.3 is 0 Å². The second-order valence-corrected chi connectivity index (χ2v) is 5.64. The molecule has 2 rings (SSSR count). The van der Waals surface area contributed by atoms with Crippen LogP contribution in [0.15, 0.2) is 12.7 Å². The highest BCUT2D eigenvalue weighted by atomic mass is 16.6. The summed E-state index contributed by atoms with van der Waals surface area (Å²) in [4.78, 5) is 10.1. The first kappa shape index (κ1) is 17.4. The number of hydrogen-bond donors (Lipinski definition) is 0. The molecule has 0 spiro atoms. The van der Waals surface area contributed by atoms with Gasteiger partial charge in [0.1, 0.15) is 12.2 Å². The smallest absolute Gasteiger partial charge is 0.151 e. The van der Waals surface area contributed by atoms with E-state index in [1.165, 1.54) is 44.9 Å². The summed E-state index contributed by atoms with van der Waals surface area (Å²) < 4.78 is 10.3. The van der Waals surface area contributed by atoms with Crippen molar-refractivity contribution in [3.05, 3.63) is 12.7 Å². The van der Waals surface area contributed by atoms with Crippen LogP contribution in [-0.2, 0) is 14.3 Å². The Kier molecular flexibility index (Phi) is 8.79. The Hall–Kier alpha value is -0.670. The molecule has 4 atom stereocenters. The van der Waals surface area contributed by atoms with Crippen LogP contribution >= 0.6 is 0 Å². The first-order chi connectivity index (χ1) is 9.76. The normalized spacial score (nSPS) is 30.1. The molecule has 0 aromatic rings. The van der Waals surface area contributed by atoms with Crippen molar-refractivity contribution in [1.82, 2.24) is 0 Å². The molecule has 0 N–H and O–H groups in total. The molecule has 0 aliphatic carbocycles. The molecule has 3 heteroatoms. The molecule has 2 aliphatic rings. The number of rotatable bonds is 10. The van der Waals surface area contributed by atoms with Crippen LogP contribution in [0, 0.1) is 0 Å². The highest BCUT2D eigenvalue weighted by molar-refractivity contribution is 5.60. The quantitative estimate of drug-likeness (QED) is 0.263. The van der Waals surface area contributed by atoms with Gasteiger partial charge in [-0.15, -0.1) is 6.58 Å². The van der Waals surface area contributed by atoms with E-state index in [9.17, 15) is 4.79 Å². The number of hydrogen-bond acceptors (Lipinski definition) is 3. The van der Waals surface area contributed by atoms with Crippen molar-refractivity contribution in [2.75, 3.05) is 0 Å². The van der Waals surface area contributed by atoms with Gasteiger partial charge in [0, 0.05) is 0 Å². The van der Waals surface area contributed by atoms with E-state index in [2.05, 4.69) is 20.4 Å². The standard InChI is InChI=1S/C9H16O.C8H14O2/c1-3-5-6-7-9-8(4-2)10-9;1-2-3-4-5-7-8(6-9)10-7/h4,8-9H,2-3,5-7H2,1H3;6-8H,2-5H2,1H3/t8-,9?;7?,8-/m11/s1. The van der Waals surface area contributed by atoms with Gasteiger partial charge in [0.25, 0.3) is 0 Å². The van der Waals surface area contributed by atoms with Crippen molar-refractivity contribution in [3.63, 3.8) is 0 Å². The van der Waals surface area contributed by atoms with Crippen LogP contribution in [0.3, 0.4) is 0 Å². The fraction of sp³-hybridized carbons (Fsp3) is 0.824. The van der Waals surface area contributed by atoms with E-state index >= 15 is 0 Å². The summed E-state index contributed by atoms with van der Waals surface area (Å²) in [7, 11) is 0. The molecule has 20 heavy (non-hydrogen) atoms. The fourth-order valence-corrected chi connectivity index (χ4v) is 2.30. The van der Waals surface area contributed by atoms with Crippen LogP contribution in [0.4, 0.5) is 0 Å². The minimum Gasteiger partial charge on any atom is -0.365 e. The SMILES string of the molecule is C=C[C@H]1OC1CCCCC.CCCCCC1O[C@@H]1C=O. The van der Waals surface area contributed by atoms with Gasteiger partial charge in [-0.3, -0.25) is 0 Å². The third-order valence-electron chi connectivity index (χ3n) is 3.79. The third-order valence-corrected chi connectivity index (χ3v) is 3.79. The van der Waals surface area contributed by atoms with Crippen molar-refractivity contribution >= 4 is 6.29 Å². The third kappa shape index (κ3) is 7.20. The van der Waals surface area contributed by atoms with E-state index in [-0.39, 0.29) is 12.2 Å². The maximum Gasteiger partial charge on any atom is 0.151 e. The van der Waals surface area contributed by atoms with Gasteiger partial charge in [-0.25, -0.2) is 0 Å². The second kappa shape index (κ2) is 10.1. The monoisotopic (exact) mass is 282 g/mol. The summed E-state index contributed by atoms with van der Waals surface area (Å²) in [5.74, 6) is 0. The Morgan fingerprint density at radius 3 is 1.75 bits per heavy atom. The predicted octanol–water partition coefficient (Wildman–Crippen LogP) is 4.05. The van der Waals surface area contributed by atoms with Gasteiger partial charge in [0.05, 0.1) is 12.2 Å².